The van der Waals surface area contributed by atoms with E-state index in [1.807, 2.05) is 24.3 Å². The van der Waals surface area contributed by atoms with Crippen LogP contribution in [0.4, 0.5) is 11.8 Å². The molecule has 2 N–H and O–H groups in total. The summed E-state index contributed by atoms with van der Waals surface area (Å²) in [6, 6.07) is 8.40. The van der Waals surface area contributed by atoms with Gasteiger partial charge in [-0.1, -0.05) is 37.5 Å². The zero-order chi connectivity index (χ0) is 15.9. The summed E-state index contributed by atoms with van der Waals surface area (Å²) in [4.78, 5) is 4.50. The Balaban J connectivity index is 1.61. The number of rotatable bonds is 6. The summed E-state index contributed by atoms with van der Waals surface area (Å²) < 4.78 is 5.36. The lowest BCUT2D eigenvalue weighted by Gasteiger charge is -2.22. The van der Waals surface area contributed by atoms with Crippen molar-refractivity contribution in [1.82, 2.24) is 15.2 Å². The number of hydrogen-bond acceptors (Lipinski definition) is 6. The zero-order valence-corrected chi connectivity index (χ0v) is 13.5. The highest BCUT2D eigenvalue weighted by atomic mass is 16.5. The Hall–Kier alpha value is -2.37. The van der Waals surface area contributed by atoms with Crippen molar-refractivity contribution in [1.29, 1.82) is 0 Å². The minimum absolute atomic E-state index is 0.468. The van der Waals surface area contributed by atoms with Crippen LogP contribution in [0.25, 0.3) is 0 Å². The Bertz CT molecular complexity index is 628. The zero-order valence-electron chi connectivity index (χ0n) is 13.5. The molecule has 0 bridgehead atoms. The molecule has 0 atom stereocenters. The van der Waals surface area contributed by atoms with Crippen LogP contribution in [0.3, 0.4) is 0 Å². The lowest BCUT2D eigenvalue weighted by molar-refractivity contribution is 0.410. The van der Waals surface area contributed by atoms with Crippen LogP contribution >= 0.6 is 0 Å². The third kappa shape index (κ3) is 4.31. The molecule has 6 heteroatoms. The Morgan fingerprint density at radius 2 is 2.00 bits per heavy atom. The first-order valence-corrected chi connectivity index (χ1v) is 8.17. The van der Waals surface area contributed by atoms with Crippen molar-refractivity contribution in [3.63, 3.8) is 0 Å². The molecule has 0 radical (unpaired) electrons. The third-order valence-corrected chi connectivity index (χ3v) is 4.15. The monoisotopic (exact) mass is 313 g/mol. The van der Waals surface area contributed by atoms with E-state index in [1.54, 1.807) is 13.3 Å². The summed E-state index contributed by atoms with van der Waals surface area (Å²) in [5.41, 5.74) is 1.08. The fraction of sp³-hybridized carbons (Fsp3) is 0.471. The first-order valence-electron chi connectivity index (χ1n) is 8.17. The average molecular weight is 313 g/mol. The molecule has 122 valence electrons. The maximum atomic E-state index is 5.36. The number of nitrogens with zero attached hydrogens (tertiary/aromatic N) is 3. The normalized spacial score (nSPS) is 15.2. The highest BCUT2D eigenvalue weighted by molar-refractivity contribution is 5.41. The Labute approximate surface area is 136 Å². The predicted octanol–water partition coefficient (Wildman–Crippen LogP) is 3.24. The molecule has 0 amide bonds. The van der Waals surface area contributed by atoms with Crippen molar-refractivity contribution < 1.29 is 4.74 Å². The molecule has 3 rings (SSSR count). The van der Waals surface area contributed by atoms with Crippen LogP contribution in [0.5, 0.6) is 5.75 Å². The van der Waals surface area contributed by atoms with E-state index in [9.17, 15) is 0 Å². The lowest BCUT2D eigenvalue weighted by atomic mass is 9.96. The number of aromatic nitrogens is 3. The largest absolute Gasteiger partial charge is 0.496 e. The minimum atomic E-state index is 0.468. The van der Waals surface area contributed by atoms with Gasteiger partial charge in [0.1, 0.15) is 5.75 Å². The van der Waals surface area contributed by atoms with E-state index in [0.29, 0.717) is 24.4 Å². The number of para-hydroxylation sites is 1. The van der Waals surface area contributed by atoms with E-state index in [2.05, 4.69) is 25.8 Å². The predicted molar refractivity (Wildman–Crippen MR) is 90.6 cm³/mol. The molecule has 0 spiro atoms. The highest BCUT2D eigenvalue weighted by Crippen LogP contribution is 2.21. The Kier molecular flexibility index (Phi) is 5.24. The third-order valence-electron chi connectivity index (χ3n) is 4.15. The molecule has 1 heterocycles. The van der Waals surface area contributed by atoms with Gasteiger partial charge in [-0.15, -0.1) is 5.10 Å². The number of benzene rings is 1. The van der Waals surface area contributed by atoms with Crippen molar-refractivity contribution in [3.8, 4) is 5.75 Å². The van der Waals surface area contributed by atoms with Gasteiger partial charge in [0.15, 0.2) is 5.82 Å². The van der Waals surface area contributed by atoms with Crippen LogP contribution in [-0.4, -0.2) is 28.3 Å². The van der Waals surface area contributed by atoms with Crippen molar-refractivity contribution in [2.75, 3.05) is 17.7 Å². The van der Waals surface area contributed by atoms with Crippen molar-refractivity contribution >= 4 is 11.8 Å². The molecular formula is C17H23N5O. The van der Waals surface area contributed by atoms with Crippen molar-refractivity contribution in [3.05, 3.63) is 36.0 Å². The Morgan fingerprint density at radius 3 is 2.83 bits per heavy atom. The van der Waals surface area contributed by atoms with Crippen LogP contribution < -0.4 is 15.4 Å². The molecule has 2 aromatic rings. The first kappa shape index (κ1) is 15.5. The van der Waals surface area contributed by atoms with Gasteiger partial charge in [0.05, 0.1) is 13.3 Å². The second-order valence-corrected chi connectivity index (χ2v) is 5.81. The van der Waals surface area contributed by atoms with Gasteiger partial charge in [-0.2, -0.15) is 10.1 Å². The molecule has 1 fully saturated rings. The molecule has 0 saturated heterocycles. The summed E-state index contributed by atoms with van der Waals surface area (Å²) in [5.74, 6) is 2.17. The quantitative estimate of drug-likeness (QED) is 0.853. The van der Waals surface area contributed by atoms with Gasteiger partial charge < -0.3 is 15.4 Å². The van der Waals surface area contributed by atoms with E-state index in [-0.39, 0.29) is 0 Å². The maximum absolute atomic E-state index is 5.36. The van der Waals surface area contributed by atoms with E-state index in [1.165, 1.54) is 32.1 Å². The van der Waals surface area contributed by atoms with Crippen molar-refractivity contribution in [2.45, 2.75) is 44.7 Å². The molecule has 0 unspecified atom stereocenters. The van der Waals surface area contributed by atoms with E-state index in [0.717, 1.165) is 11.3 Å². The highest BCUT2D eigenvalue weighted by Gasteiger charge is 2.14. The second-order valence-electron chi connectivity index (χ2n) is 5.81. The summed E-state index contributed by atoms with van der Waals surface area (Å²) in [6.45, 7) is 0.631. The van der Waals surface area contributed by atoms with E-state index in [4.69, 9.17) is 4.74 Å². The van der Waals surface area contributed by atoms with Crippen LogP contribution in [0, 0.1) is 0 Å². The van der Waals surface area contributed by atoms with E-state index < -0.39 is 0 Å². The van der Waals surface area contributed by atoms with Gasteiger partial charge in [0.25, 0.3) is 0 Å². The van der Waals surface area contributed by atoms with Gasteiger partial charge in [-0.25, -0.2) is 0 Å². The summed E-state index contributed by atoms with van der Waals surface area (Å²) >= 11 is 0. The van der Waals surface area contributed by atoms with Gasteiger partial charge in [-0.3, -0.25) is 0 Å². The smallest absolute Gasteiger partial charge is 0.244 e. The summed E-state index contributed by atoms with van der Waals surface area (Å²) in [5, 5.41) is 14.8. The van der Waals surface area contributed by atoms with E-state index >= 15 is 0 Å². The first-order chi connectivity index (χ1) is 11.3. The molecule has 6 nitrogen and oxygen atoms in total. The average Bonchev–Trinajstić information content (AvgIpc) is 2.61. The van der Waals surface area contributed by atoms with Crippen LogP contribution in [-0.2, 0) is 6.54 Å². The molecule has 1 aliphatic rings. The van der Waals surface area contributed by atoms with Gasteiger partial charge in [-0.05, 0) is 18.9 Å². The topological polar surface area (TPSA) is 72.0 Å². The second kappa shape index (κ2) is 7.76. The summed E-state index contributed by atoms with van der Waals surface area (Å²) in [7, 11) is 1.68. The van der Waals surface area contributed by atoms with Crippen molar-refractivity contribution in [2.24, 2.45) is 0 Å². The summed E-state index contributed by atoms with van der Waals surface area (Å²) in [6.07, 6.45) is 7.89. The van der Waals surface area contributed by atoms with Gasteiger partial charge in [0.2, 0.25) is 5.95 Å². The van der Waals surface area contributed by atoms with Crippen LogP contribution in [0.1, 0.15) is 37.7 Å². The molecule has 1 aromatic heterocycles. The Morgan fingerprint density at radius 1 is 1.17 bits per heavy atom. The van der Waals surface area contributed by atoms with Crippen LogP contribution in [0.15, 0.2) is 30.5 Å². The van der Waals surface area contributed by atoms with Gasteiger partial charge in [0, 0.05) is 18.2 Å². The molecule has 1 aromatic carbocycles. The van der Waals surface area contributed by atoms with Crippen LogP contribution in [0.2, 0.25) is 0 Å². The fourth-order valence-corrected chi connectivity index (χ4v) is 2.91. The number of methoxy groups -OCH3 is 1. The standard InChI is InChI=1S/C17H23N5O/c1-23-15-10-6-5-7-13(15)11-18-16-12-19-22-17(21-16)20-14-8-3-2-4-9-14/h5-7,10,12,14H,2-4,8-9,11H2,1H3,(H2,18,20,21,22). The number of anilines is 2. The molecular weight excluding hydrogens is 290 g/mol. The SMILES string of the molecule is COc1ccccc1CNc1cnnc(NC2CCCCC2)n1. The van der Waals surface area contributed by atoms with Gasteiger partial charge >= 0.3 is 0 Å². The number of ether oxygens (including phenoxy) is 1. The maximum Gasteiger partial charge on any atom is 0.244 e. The molecule has 1 saturated carbocycles. The minimum Gasteiger partial charge on any atom is -0.496 e. The number of nitrogens with one attached hydrogen (secondary N) is 2. The molecule has 0 aliphatic heterocycles. The molecule has 23 heavy (non-hydrogen) atoms. The molecule has 1 aliphatic carbocycles. The lowest BCUT2D eigenvalue weighted by Crippen LogP contribution is -2.23. The number of hydrogen-bond donors (Lipinski definition) is 2. The fourth-order valence-electron chi connectivity index (χ4n) is 2.91.